The maximum atomic E-state index is 8.21. The second kappa shape index (κ2) is 6.77. The average Bonchev–Trinajstić information content (AvgIpc) is 2.50. The fraction of sp³-hybridized carbons (Fsp3) is 0.278. The highest BCUT2D eigenvalue weighted by molar-refractivity contribution is 6.34. The van der Waals surface area contributed by atoms with Gasteiger partial charge in [-0.25, -0.2) is 0 Å². The number of amidine groups is 1. The van der Waals surface area contributed by atoms with Gasteiger partial charge >= 0.3 is 0 Å². The lowest BCUT2D eigenvalue weighted by molar-refractivity contribution is 0.533. The second-order valence-electron chi connectivity index (χ2n) is 5.28. The quantitative estimate of drug-likeness (QED) is 0.652. The van der Waals surface area contributed by atoms with E-state index >= 15 is 0 Å². The lowest BCUT2D eigenvalue weighted by Gasteiger charge is -2.20. The molecule has 0 atom stereocenters. The van der Waals surface area contributed by atoms with Gasteiger partial charge in [0.15, 0.2) is 0 Å². The van der Waals surface area contributed by atoms with Crippen molar-refractivity contribution < 1.29 is 0 Å². The Morgan fingerprint density at radius 3 is 2.48 bits per heavy atom. The third kappa shape index (κ3) is 3.64. The van der Waals surface area contributed by atoms with Crippen LogP contribution in [0.15, 0.2) is 42.5 Å². The van der Waals surface area contributed by atoms with Gasteiger partial charge in [0.25, 0.3) is 0 Å². The van der Waals surface area contributed by atoms with E-state index in [1.165, 1.54) is 16.7 Å². The summed E-state index contributed by atoms with van der Waals surface area (Å²) >= 11 is 6.40. The molecule has 0 fully saturated rings. The first kappa shape index (κ1) is 15.6. The van der Waals surface area contributed by atoms with Crippen LogP contribution < -0.4 is 0 Å². The number of nitrogens with zero attached hydrogens (tertiary/aromatic N) is 1. The Hall–Kier alpha value is -1.80. The molecule has 110 valence electrons. The van der Waals surface area contributed by atoms with Crippen LogP contribution in [-0.4, -0.2) is 24.3 Å². The average molecular weight is 301 g/mol. The highest BCUT2D eigenvalue weighted by Crippen LogP contribution is 2.24. The fourth-order valence-electron chi connectivity index (χ4n) is 2.27. The van der Waals surface area contributed by atoms with Crippen LogP contribution in [0.5, 0.6) is 0 Å². The van der Waals surface area contributed by atoms with Crippen molar-refractivity contribution in [2.24, 2.45) is 0 Å². The summed E-state index contributed by atoms with van der Waals surface area (Å²) < 4.78 is 0. The van der Waals surface area contributed by atoms with Gasteiger partial charge in [-0.05, 0) is 49.1 Å². The van der Waals surface area contributed by atoms with Crippen LogP contribution in [0.4, 0.5) is 0 Å². The number of nitrogens with one attached hydrogen (secondary N) is 1. The van der Waals surface area contributed by atoms with Gasteiger partial charge in [-0.3, -0.25) is 5.41 Å². The Kier molecular flexibility index (Phi) is 5.03. The Morgan fingerprint density at radius 1 is 1.19 bits per heavy atom. The molecule has 2 nitrogen and oxygen atoms in total. The molecule has 0 saturated carbocycles. The first-order valence-corrected chi connectivity index (χ1v) is 7.53. The van der Waals surface area contributed by atoms with E-state index in [9.17, 15) is 0 Å². The highest BCUT2D eigenvalue weighted by Gasteiger charge is 2.13. The van der Waals surface area contributed by atoms with Crippen molar-refractivity contribution in [2.45, 2.75) is 20.3 Å². The van der Waals surface area contributed by atoms with Gasteiger partial charge in [0.05, 0.1) is 5.02 Å². The van der Waals surface area contributed by atoms with Crippen LogP contribution in [0.25, 0.3) is 0 Å². The minimum Gasteiger partial charge on any atom is -0.360 e. The Balaban J connectivity index is 2.31. The molecule has 0 aliphatic heterocycles. The molecule has 2 aromatic carbocycles. The minimum absolute atomic E-state index is 0.469. The number of benzene rings is 2. The van der Waals surface area contributed by atoms with Crippen LogP contribution in [0, 0.1) is 12.3 Å². The van der Waals surface area contributed by atoms with Gasteiger partial charge in [0.1, 0.15) is 5.84 Å². The van der Waals surface area contributed by atoms with Crippen molar-refractivity contribution in [1.29, 1.82) is 5.41 Å². The van der Waals surface area contributed by atoms with Crippen molar-refractivity contribution in [2.75, 3.05) is 13.6 Å². The summed E-state index contributed by atoms with van der Waals surface area (Å²) in [6.07, 6.45) is 0.865. The molecule has 0 aromatic heterocycles. The number of halogens is 1. The third-order valence-electron chi connectivity index (χ3n) is 3.77. The van der Waals surface area contributed by atoms with Gasteiger partial charge in [0, 0.05) is 19.2 Å². The minimum atomic E-state index is 0.469. The zero-order valence-corrected chi connectivity index (χ0v) is 13.5. The third-order valence-corrected chi connectivity index (χ3v) is 4.09. The molecule has 0 amide bonds. The summed E-state index contributed by atoms with van der Waals surface area (Å²) in [5, 5.41) is 8.86. The number of hydrogen-bond donors (Lipinski definition) is 1. The van der Waals surface area contributed by atoms with Crippen molar-refractivity contribution in [3.05, 3.63) is 69.7 Å². The summed E-state index contributed by atoms with van der Waals surface area (Å²) in [4.78, 5) is 1.89. The van der Waals surface area contributed by atoms with E-state index in [1.807, 2.05) is 49.2 Å². The van der Waals surface area contributed by atoms with Crippen LogP contribution in [0.3, 0.4) is 0 Å². The van der Waals surface area contributed by atoms with E-state index in [0.717, 1.165) is 18.5 Å². The van der Waals surface area contributed by atoms with Crippen LogP contribution >= 0.6 is 11.6 Å². The molecule has 2 aromatic rings. The first-order chi connectivity index (χ1) is 10.0. The van der Waals surface area contributed by atoms with E-state index in [2.05, 4.69) is 19.1 Å². The molecule has 0 bridgehead atoms. The molecule has 0 spiro atoms. The summed E-state index contributed by atoms with van der Waals surface area (Å²) in [5.74, 6) is 0.469. The molecule has 0 aliphatic rings. The van der Waals surface area contributed by atoms with Crippen molar-refractivity contribution in [3.63, 3.8) is 0 Å². The van der Waals surface area contributed by atoms with Crippen molar-refractivity contribution >= 4 is 17.4 Å². The summed E-state index contributed by atoms with van der Waals surface area (Å²) in [6.45, 7) is 4.90. The maximum Gasteiger partial charge on any atom is 0.129 e. The van der Waals surface area contributed by atoms with Gasteiger partial charge in [-0.15, -0.1) is 0 Å². The Bertz CT molecular complexity index is 635. The summed E-state index contributed by atoms with van der Waals surface area (Å²) in [7, 11) is 1.91. The van der Waals surface area contributed by atoms with Crippen LogP contribution in [-0.2, 0) is 6.42 Å². The monoisotopic (exact) mass is 300 g/mol. The van der Waals surface area contributed by atoms with E-state index < -0.39 is 0 Å². The van der Waals surface area contributed by atoms with Gasteiger partial charge in [0.2, 0.25) is 0 Å². The zero-order valence-electron chi connectivity index (χ0n) is 12.8. The van der Waals surface area contributed by atoms with Gasteiger partial charge in [-0.1, -0.05) is 41.9 Å². The van der Waals surface area contributed by atoms with Crippen molar-refractivity contribution in [3.8, 4) is 0 Å². The molecule has 0 aliphatic carbocycles. The molecular formula is C18H21ClN2. The van der Waals surface area contributed by atoms with Gasteiger partial charge in [-0.2, -0.15) is 0 Å². The van der Waals surface area contributed by atoms with E-state index in [4.69, 9.17) is 17.0 Å². The topological polar surface area (TPSA) is 27.1 Å². The van der Waals surface area contributed by atoms with Crippen molar-refractivity contribution in [1.82, 2.24) is 4.90 Å². The largest absolute Gasteiger partial charge is 0.360 e. The summed E-state index contributed by atoms with van der Waals surface area (Å²) in [6, 6.07) is 14.4. The molecule has 2 rings (SSSR count). The normalized spacial score (nSPS) is 10.5. The van der Waals surface area contributed by atoms with E-state index in [-0.39, 0.29) is 0 Å². The number of rotatable bonds is 4. The first-order valence-electron chi connectivity index (χ1n) is 7.16. The zero-order chi connectivity index (χ0) is 15.4. The summed E-state index contributed by atoms with van der Waals surface area (Å²) in [5.41, 5.74) is 4.45. The maximum absolute atomic E-state index is 8.21. The molecule has 0 radical (unpaired) electrons. The molecular weight excluding hydrogens is 280 g/mol. The Labute approximate surface area is 131 Å². The molecule has 21 heavy (non-hydrogen) atoms. The fourth-order valence-corrected chi connectivity index (χ4v) is 2.55. The van der Waals surface area contributed by atoms with Crippen LogP contribution in [0.1, 0.15) is 29.2 Å². The second-order valence-corrected chi connectivity index (χ2v) is 5.69. The number of hydrogen-bond acceptors (Lipinski definition) is 1. The molecule has 0 unspecified atom stereocenters. The molecule has 0 heterocycles. The Morgan fingerprint density at radius 2 is 1.86 bits per heavy atom. The highest BCUT2D eigenvalue weighted by atomic mass is 35.5. The van der Waals surface area contributed by atoms with Crippen LogP contribution in [0.2, 0.25) is 5.02 Å². The predicted molar refractivity (Wildman–Crippen MR) is 90.6 cm³/mol. The van der Waals surface area contributed by atoms with Gasteiger partial charge < -0.3 is 4.90 Å². The standard InChI is InChI=1S/C18H21ClN2/c1-4-21(3)18(20)16-10-13(2)15(12-17(16)19)11-14-8-6-5-7-9-14/h5-10,12,20H,4,11H2,1-3H3. The lowest BCUT2D eigenvalue weighted by atomic mass is 9.98. The molecule has 3 heteroatoms. The molecule has 0 saturated heterocycles. The number of aryl methyl sites for hydroxylation is 1. The van der Waals surface area contributed by atoms with E-state index in [1.54, 1.807) is 0 Å². The SMILES string of the molecule is CCN(C)C(=N)c1cc(C)c(Cc2ccccc2)cc1Cl. The van der Waals surface area contributed by atoms with E-state index in [0.29, 0.717) is 10.9 Å². The molecule has 1 N–H and O–H groups in total. The lowest BCUT2D eigenvalue weighted by Crippen LogP contribution is -2.26. The predicted octanol–water partition coefficient (Wildman–Crippen LogP) is 4.52. The smallest absolute Gasteiger partial charge is 0.129 e.